The van der Waals surface area contributed by atoms with E-state index in [0.29, 0.717) is 17.3 Å². The molecule has 0 fully saturated rings. The number of hydrogen-bond donors (Lipinski definition) is 1. The number of nitrogens with zero attached hydrogens (tertiary/aromatic N) is 5. The molecular weight excluding hydrogens is 415 g/mol. The van der Waals surface area contributed by atoms with Gasteiger partial charge in [0.05, 0.1) is 16.8 Å². The molecule has 0 heterocycles. The first-order valence-electron chi connectivity index (χ1n) is 10.8. The summed E-state index contributed by atoms with van der Waals surface area (Å²) in [6.07, 6.45) is 4.54. The topological polar surface area (TPSA) is 55.6 Å². The van der Waals surface area contributed by atoms with E-state index in [2.05, 4.69) is 41.5 Å². The summed E-state index contributed by atoms with van der Waals surface area (Å²) in [4.78, 5) is 0. The Morgan fingerprint density at radius 2 is 1.90 bits per heavy atom. The zero-order chi connectivity index (χ0) is 23.6. The van der Waals surface area contributed by atoms with Crippen molar-refractivity contribution in [3.05, 3.63) is 40.7 Å². The largest absolute Gasteiger partial charge is 0.375 e. The van der Waals surface area contributed by atoms with Gasteiger partial charge in [0.2, 0.25) is 0 Å². The van der Waals surface area contributed by atoms with Crippen LogP contribution in [0, 0.1) is 11.7 Å². The van der Waals surface area contributed by atoms with Crippen LogP contribution in [0.2, 0.25) is 5.02 Å². The molecule has 1 N–H and O–H groups in total. The Kier molecular flexibility index (Phi) is 11.5. The van der Waals surface area contributed by atoms with E-state index in [1.807, 2.05) is 51.0 Å². The van der Waals surface area contributed by atoms with Gasteiger partial charge < -0.3 is 5.32 Å². The average Bonchev–Trinajstić information content (AvgIpc) is 2.75. The molecule has 0 bridgehead atoms. The van der Waals surface area contributed by atoms with E-state index < -0.39 is 0 Å². The number of rotatable bonds is 12. The van der Waals surface area contributed by atoms with Gasteiger partial charge in [-0.25, -0.2) is 4.39 Å². The Morgan fingerprint density at radius 3 is 2.48 bits per heavy atom. The maximum atomic E-state index is 14.2. The fourth-order valence-corrected chi connectivity index (χ4v) is 3.31. The summed E-state index contributed by atoms with van der Waals surface area (Å²) < 4.78 is 14.2. The van der Waals surface area contributed by atoms with Crippen molar-refractivity contribution in [2.75, 3.05) is 26.0 Å². The van der Waals surface area contributed by atoms with Gasteiger partial charge in [-0.1, -0.05) is 41.5 Å². The Morgan fingerprint density at radius 1 is 1.23 bits per heavy atom. The fraction of sp³-hybridized carbons (Fsp3) is 0.609. The molecule has 6 nitrogen and oxygen atoms in total. The van der Waals surface area contributed by atoms with Crippen LogP contribution >= 0.6 is 11.6 Å². The first-order valence-corrected chi connectivity index (χ1v) is 11.2. The second-order valence-electron chi connectivity index (χ2n) is 7.99. The molecule has 0 amide bonds. The Bertz CT molecular complexity index is 746. The Labute approximate surface area is 192 Å². The SMILES string of the molecule is C/C=N\N(C)[C@@H](C)[C@H](C)C(C)N=NN(C)CCC(Nc1c(F)cccc1Cl)/C(C)=C/C. The number of anilines is 1. The molecule has 174 valence electrons. The average molecular weight is 453 g/mol. The second kappa shape index (κ2) is 13.3. The van der Waals surface area contributed by atoms with Crippen molar-refractivity contribution >= 4 is 23.5 Å². The quantitative estimate of drug-likeness (QED) is 0.176. The van der Waals surface area contributed by atoms with Gasteiger partial charge in [-0.3, -0.25) is 10.0 Å². The van der Waals surface area contributed by atoms with E-state index in [-0.39, 0.29) is 29.9 Å². The normalized spacial score (nSPS) is 16.4. The molecule has 0 aliphatic rings. The van der Waals surface area contributed by atoms with Crippen LogP contribution in [0.1, 0.15) is 48.0 Å². The first-order chi connectivity index (χ1) is 14.6. The molecule has 0 aromatic heterocycles. The van der Waals surface area contributed by atoms with Crippen LogP contribution < -0.4 is 5.32 Å². The standard InChI is InChI=1S/C23H38ClFN6/c1-9-16(3)22(27-23-20(24)12-11-13-21(23)25)14-15-30(7)29-28-18(5)17(4)19(6)31(8)26-10-2/h9-13,17-19,22,27H,14-15H2,1-8H3/b16-9+,26-10-,29-28?/t17-,18?,19+,22?/m1/s1. The number of hydrogen-bond acceptors (Lipinski definition) is 5. The highest BCUT2D eigenvalue weighted by Gasteiger charge is 2.22. The van der Waals surface area contributed by atoms with Gasteiger partial charge in [0.15, 0.2) is 0 Å². The van der Waals surface area contributed by atoms with Crippen LogP contribution in [0.3, 0.4) is 0 Å². The van der Waals surface area contributed by atoms with Crippen LogP contribution in [0.15, 0.2) is 45.3 Å². The lowest BCUT2D eigenvalue weighted by molar-refractivity contribution is 0.185. The molecule has 0 saturated heterocycles. The van der Waals surface area contributed by atoms with E-state index in [1.165, 1.54) is 6.07 Å². The summed E-state index contributed by atoms with van der Waals surface area (Å²) in [6, 6.07) is 4.92. The third-order valence-corrected chi connectivity index (χ3v) is 6.14. The highest BCUT2D eigenvalue weighted by atomic mass is 35.5. The zero-order valence-corrected chi connectivity index (χ0v) is 20.9. The summed E-state index contributed by atoms with van der Waals surface area (Å²) in [6.45, 7) is 12.9. The third kappa shape index (κ3) is 8.48. The van der Waals surface area contributed by atoms with Crippen LogP contribution in [-0.4, -0.2) is 55.0 Å². The molecular formula is C23H38ClFN6. The summed E-state index contributed by atoms with van der Waals surface area (Å²) in [5.74, 6) is -0.0718. The van der Waals surface area contributed by atoms with Gasteiger partial charge in [0, 0.05) is 44.9 Å². The minimum atomic E-state index is -0.358. The van der Waals surface area contributed by atoms with Gasteiger partial charge in [0.1, 0.15) is 5.82 Å². The lowest BCUT2D eigenvalue weighted by Gasteiger charge is -2.29. The van der Waals surface area contributed by atoms with Crippen molar-refractivity contribution in [1.82, 2.24) is 10.0 Å². The van der Waals surface area contributed by atoms with E-state index in [0.717, 1.165) is 12.0 Å². The summed E-state index contributed by atoms with van der Waals surface area (Å²) in [5, 5.41) is 20.6. The molecule has 0 aliphatic carbocycles. The Balaban J connectivity index is 2.72. The molecule has 0 spiro atoms. The van der Waals surface area contributed by atoms with Gasteiger partial charge in [-0.2, -0.15) is 10.2 Å². The predicted molar refractivity (Wildman–Crippen MR) is 130 cm³/mol. The van der Waals surface area contributed by atoms with Gasteiger partial charge in [-0.05, 0) is 53.2 Å². The predicted octanol–water partition coefficient (Wildman–Crippen LogP) is 6.27. The van der Waals surface area contributed by atoms with Crippen molar-refractivity contribution in [2.45, 2.75) is 66.1 Å². The smallest absolute Gasteiger partial charge is 0.147 e. The maximum absolute atomic E-state index is 14.2. The lowest BCUT2D eigenvalue weighted by Crippen LogP contribution is -2.35. The second-order valence-corrected chi connectivity index (χ2v) is 8.40. The minimum Gasteiger partial charge on any atom is -0.375 e. The van der Waals surface area contributed by atoms with E-state index >= 15 is 0 Å². The first kappa shape index (κ1) is 26.9. The van der Waals surface area contributed by atoms with Crippen molar-refractivity contribution in [3.8, 4) is 0 Å². The minimum absolute atomic E-state index is 0.0513. The van der Waals surface area contributed by atoms with Gasteiger partial charge >= 0.3 is 0 Å². The van der Waals surface area contributed by atoms with Crippen molar-refractivity contribution in [1.29, 1.82) is 0 Å². The lowest BCUT2D eigenvalue weighted by atomic mass is 9.96. The monoisotopic (exact) mass is 452 g/mol. The zero-order valence-electron chi connectivity index (χ0n) is 20.1. The number of para-hydroxylation sites is 1. The molecule has 1 rings (SSSR count). The van der Waals surface area contributed by atoms with Crippen LogP contribution in [0.5, 0.6) is 0 Å². The summed E-state index contributed by atoms with van der Waals surface area (Å²) in [7, 11) is 3.87. The number of nitrogens with one attached hydrogen (secondary N) is 1. The summed E-state index contributed by atoms with van der Waals surface area (Å²) >= 11 is 6.19. The van der Waals surface area contributed by atoms with E-state index in [1.54, 1.807) is 18.3 Å². The molecule has 4 atom stereocenters. The van der Waals surface area contributed by atoms with Crippen LogP contribution in [0.25, 0.3) is 0 Å². The Hall–Kier alpha value is -2.15. The van der Waals surface area contributed by atoms with Gasteiger partial charge in [0.25, 0.3) is 0 Å². The molecule has 1 aromatic rings. The van der Waals surface area contributed by atoms with Crippen molar-refractivity contribution < 1.29 is 4.39 Å². The van der Waals surface area contributed by atoms with E-state index in [9.17, 15) is 4.39 Å². The molecule has 31 heavy (non-hydrogen) atoms. The number of benzene rings is 1. The highest BCUT2D eigenvalue weighted by molar-refractivity contribution is 6.33. The third-order valence-electron chi connectivity index (χ3n) is 5.82. The van der Waals surface area contributed by atoms with Crippen LogP contribution in [0.4, 0.5) is 10.1 Å². The summed E-state index contributed by atoms with van der Waals surface area (Å²) in [5.41, 5.74) is 1.44. The van der Waals surface area contributed by atoms with Crippen molar-refractivity contribution in [2.24, 2.45) is 21.4 Å². The molecule has 2 unspecified atom stereocenters. The highest BCUT2D eigenvalue weighted by Crippen LogP contribution is 2.27. The number of halogens is 2. The van der Waals surface area contributed by atoms with E-state index in [4.69, 9.17) is 11.6 Å². The molecule has 0 aliphatic heterocycles. The molecule has 0 radical (unpaired) electrons. The molecule has 1 aromatic carbocycles. The molecule has 8 heteroatoms. The molecule has 0 saturated carbocycles. The fourth-order valence-electron chi connectivity index (χ4n) is 3.09. The number of allylic oxidation sites excluding steroid dienone is 1. The number of hydrazone groups is 1. The van der Waals surface area contributed by atoms with Crippen LogP contribution in [-0.2, 0) is 0 Å². The maximum Gasteiger partial charge on any atom is 0.147 e. The van der Waals surface area contributed by atoms with Gasteiger partial charge in [-0.15, -0.1) is 0 Å². The van der Waals surface area contributed by atoms with Crippen molar-refractivity contribution in [3.63, 3.8) is 0 Å².